The van der Waals surface area contributed by atoms with Crippen LogP contribution in [0, 0.1) is 4.77 Å². The van der Waals surface area contributed by atoms with Crippen LogP contribution in [0.3, 0.4) is 0 Å². The Balaban J connectivity index is 2.10. The molecule has 20 heavy (non-hydrogen) atoms. The van der Waals surface area contributed by atoms with Gasteiger partial charge >= 0.3 is 0 Å². The van der Waals surface area contributed by atoms with E-state index in [4.69, 9.17) is 17.0 Å². The molecule has 0 amide bonds. The Hall–Kier alpha value is -2.15. The van der Waals surface area contributed by atoms with Crippen molar-refractivity contribution in [2.45, 2.75) is 20.0 Å². The van der Waals surface area contributed by atoms with Crippen molar-refractivity contribution < 1.29 is 4.74 Å². The maximum Gasteiger partial charge on any atom is 0.178 e. The Morgan fingerprint density at radius 1 is 1.40 bits per heavy atom. The van der Waals surface area contributed by atoms with E-state index < -0.39 is 0 Å². The third kappa shape index (κ3) is 2.09. The van der Waals surface area contributed by atoms with E-state index in [1.54, 1.807) is 13.4 Å². The van der Waals surface area contributed by atoms with Crippen molar-refractivity contribution in [1.29, 1.82) is 0 Å². The molecule has 0 aliphatic heterocycles. The van der Waals surface area contributed by atoms with Crippen LogP contribution in [0.15, 0.2) is 24.5 Å². The van der Waals surface area contributed by atoms with Gasteiger partial charge in [0.1, 0.15) is 12.1 Å². The number of nitrogens with zero attached hydrogens (tertiary/aromatic N) is 4. The topological polar surface area (TPSA) is 60.7 Å². The first-order valence-electron chi connectivity index (χ1n) is 6.36. The molecule has 7 heteroatoms. The van der Waals surface area contributed by atoms with E-state index >= 15 is 0 Å². The van der Waals surface area contributed by atoms with Crippen LogP contribution in [0.25, 0.3) is 11.0 Å². The molecule has 1 N–H and O–H groups in total. The van der Waals surface area contributed by atoms with Crippen molar-refractivity contribution in [3.05, 3.63) is 35.1 Å². The van der Waals surface area contributed by atoms with E-state index in [2.05, 4.69) is 22.1 Å². The SMILES string of the molecule is CCn1cnnc1Cn1c(=S)[nH]c2ccc(OC)cc21. The normalized spacial score (nSPS) is 11.1. The molecular formula is C13H15N5OS. The zero-order valence-electron chi connectivity index (χ0n) is 11.3. The first-order valence-corrected chi connectivity index (χ1v) is 6.77. The highest BCUT2D eigenvalue weighted by Gasteiger charge is 2.10. The predicted octanol–water partition coefficient (Wildman–Crippen LogP) is 2.37. The Morgan fingerprint density at radius 2 is 2.25 bits per heavy atom. The first kappa shape index (κ1) is 12.9. The molecule has 0 spiro atoms. The fourth-order valence-electron chi connectivity index (χ4n) is 2.22. The highest BCUT2D eigenvalue weighted by molar-refractivity contribution is 7.71. The zero-order chi connectivity index (χ0) is 14.1. The van der Waals surface area contributed by atoms with Gasteiger partial charge in [-0.2, -0.15) is 0 Å². The van der Waals surface area contributed by atoms with Crippen molar-refractivity contribution in [3.63, 3.8) is 0 Å². The van der Waals surface area contributed by atoms with E-state index in [1.165, 1.54) is 0 Å². The number of aryl methyl sites for hydroxylation is 1. The smallest absolute Gasteiger partial charge is 0.178 e. The molecule has 2 aromatic heterocycles. The van der Waals surface area contributed by atoms with Crippen molar-refractivity contribution in [2.24, 2.45) is 0 Å². The summed E-state index contributed by atoms with van der Waals surface area (Å²) in [5, 5.41) is 8.10. The van der Waals surface area contributed by atoms with Crippen LogP contribution in [-0.4, -0.2) is 31.4 Å². The lowest BCUT2D eigenvalue weighted by Gasteiger charge is -2.06. The lowest BCUT2D eigenvalue weighted by molar-refractivity contribution is 0.415. The van der Waals surface area contributed by atoms with Gasteiger partial charge in [0.25, 0.3) is 0 Å². The molecule has 0 atom stereocenters. The summed E-state index contributed by atoms with van der Waals surface area (Å²) in [5.74, 6) is 1.68. The summed E-state index contributed by atoms with van der Waals surface area (Å²) in [6, 6.07) is 5.84. The minimum absolute atomic E-state index is 0.583. The van der Waals surface area contributed by atoms with E-state index in [0.29, 0.717) is 11.3 Å². The molecule has 0 saturated heterocycles. The number of hydrogen-bond donors (Lipinski definition) is 1. The van der Waals surface area contributed by atoms with Gasteiger partial charge in [0.2, 0.25) is 0 Å². The molecule has 0 bridgehead atoms. The molecule has 0 saturated carbocycles. The molecule has 104 valence electrons. The van der Waals surface area contributed by atoms with Gasteiger partial charge in [-0.1, -0.05) is 0 Å². The average molecular weight is 289 g/mol. The minimum Gasteiger partial charge on any atom is -0.497 e. The van der Waals surface area contributed by atoms with Gasteiger partial charge in [-0.05, 0) is 31.3 Å². The molecule has 0 fully saturated rings. The van der Waals surface area contributed by atoms with Gasteiger partial charge in [-0.15, -0.1) is 10.2 Å². The number of aromatic amines is 1. The first-order chi connectivity index (χ1) is 9.72. The van der Waals surface area contributed by atoms with Gasteiger partial charge < -0.3 is 18.9 Å². The quantitative estimate of drug-likeness (QED) is 0.749. The van der Waals surface area contributed by atoms with E-state index in [1.807, 2.05) is 27.3 Å². The number of H-pyrrole nitrogens is 1. The highest BCUT2D eigenvalue weighted by atomic mass is 32.1. The number of fused-ring (bicyclic) bond motifs is 1. The molecule has 1 aromatic carbocycles. The van der Waals surface area contributed by atoms with E-state index in [9.17, 15) is 0 Å². The van der Waals surface area contributed by atoms with Crippen molar-refractivity contribution in [3.8, 4) is 5.75 Å². The lowest BCUT2D eigenvalue weighted by atomic mass is 10.3. The summed E-state index contributed by atoms with van der Waals surface area (Å²) in [4.78, 5) is 3.19. The standard InChI is InChI=1S/C13H15N5OS/c1-3-17-8-14-16-12(17)7-18-11-6-9(19-2)4-5-10(11)15-13(18)20/h4-6,8H,3,7H2,1-2H3,(H,15,20). The number of hydrogen-bond acceptors (Lipinski definition) is 4. The fourth-order valence-corrected chi connectivity index (χ4v) is 2.50. The van der Waals surface area contributed by atoms with Gasteiger partial charge in [0, 0.05) is 12.6 Å². The molecule has 3 aromatic rings. The molecule has 0 aliphatic carbocycles. The van der Waals surface area contributed by atoms with E-state index in [-0.39, 0.29) is 0 Å². The summed E-state index contributed by atoms with van der Waals surface area (Å²) >= 11 is 5.39. The van der Waals surface area contributed by atoms with Crippen LogP contribution in [0.1, 0.15) is 12.7 Å². The molecule has 0 radical (unpaired) electrons. The Bertz CT molecular complexity index is 801. The number of rotatable bonds is 4. The highest BCUT2D eigenvalue weighted by Crippen LogP contribution is 2.21. The maximum atomic E-state index is 5.39. The maximum absolute atomic E-state index is 5.39. The minimum atomic E-state index is 0.583. The molecule has 6 nitrogen and oxygen atoms in total. The molecule has 0 aliphatic rings. The Kier molecular flexibility index (Phi) is 3.27. The molecule has 2 heterocycles. The Labute approximate surface area is 121 Å². The van der Waals surface area contributed by atoms with E-state index in [0.717, 1.165) is 29.2 Å². The number of benzene rings is 1. The number of ether oxygens (including phenoxy) is 1. The Morgan fingerprint density at radius 3 is 3.00 bits per heavy atom. The van der Waals surface area contributed by atoms with Crippen molar-refractivity contribution in [1.82, 2.24) is 24.3 Å². The fraction of sp³-hybridized carbons (Fsp3) is 0.308. The third-order valence-electron chi connectivity index (χ3n) is 3.32. The second-order valence-corrected chi connectivity index (χ2v) is 4.82. The van der Waals surface area contributed by atoms with Gasteiger partial charge in [0.15, 0.2) is 10.6 Å². The number of methoxy groups -OCH3 is 1. The summed E-state index contributed by atoms with van der Waals surface area (Å²) in [7, 11) is 1.65. The summed E-state index contributed by atoms with van der Waals surface area (Å²) in [5.41, 5.74) is 1.98. The average Bonchev–Trinajstić information content (AvgIpc) is 3.03. The largest absolute Gasteiger partial charge is 0.497 e. The van der Waals surface area contributed by atoms with Crippen LogP contribution in [-0.2, 0) is 13.1 Å². The second-order valence-electron chi connectivity index (χ2n) is 4.43. The van der Waals surface area contributed by atoms with Crippen LogP contribution < -0.4 is 4.74 Å². The van der Waals surface area contributed by atoms with Crippen LogP contribution in [0.2, 0.25) is 0 Å². The van der Waals surface area contributed by atoms with Crippen LogP contribution in [0.4, 0.5) is 0 Å². The summed E-state index contributed by atoms with van der Waals surface area (Å²) in [6.45, 7) is 3.48. The summed E-state index contributed by atoms with van der Waals surface area (Å²) < 4.78 is 9.94. The lowest BCUT2D eigenvalue weighted by Crippen LogP contribution is -2.07. The van der Waals surface area contributed by atoms with Gasteiger partial charge in [-0.3, -0.25) is 0 Å². The third-order valence-corrected chi connectivity index (χ3v) is 3.64. The molecule has 0 unspecified atom stereocenters. The number of imidazole rings is 1. The molecule has 3 rings (SSSR count). The van der Waals surface area contributed by atoms with Crippen LogP contribution >= 0.6 is 12.2 Å². The van der Waals surface area contributed by atoms with Crippen molar-refractivity contribution in [2.75, 3.05) is 7.11 Å². The zero-order valence-corrected chi connectivity index (χ0v) is 12.1. The summed E-state index contributed by atoms with van der Waals surface area (Å²) in [6.07, 6.45) is 1.73. The number of aromatic nitrogens is 5. The van der Waals surface area contributed by atoms with Crippen LogP contribution in [0.5, 0.6) is 5.75 Å². The predicted molar refractivity (Wildman–Crippen MR) is 78.5 cm³/mol. The van der Waals surface area contributed by atoms with Gasteiger partial charge in [-0.25, -0.2) is 0 Å². The van der Waals surface area contributed by atoms with Gasteiger partial charge in [0.05, 0.1) is 24.7 Å². The van der Waals surface area contributed by atoms with Crippen molar-refractivity contribution >= 4 is 23.3 Å². The number of nitrogens with one attached hydrogen (secondary N) is 1. The monoisotopic (exact) mass is 289 g/mol. The molecular weight excluding hydrogens is 274 g/mol. The second kappa shape index (κ2) is 5.09.